The van der Waals surface area contributed by atoms with E-state index in [4.69, 9.17) is 4.74 Å². The number of halogens is 4. The number of likely N-dealkylation sites (tertiary alicyclic amines) is 1. The molecule has 0 radical (unpaired) electrons. The van der Waals surface area contributed by atoms with Crippen molar-refractivity contribution in [3.05, 3.63) is 65.5 Å². The van der Waals surface area contributed by atoms with E-state index in [1.54, 1.807) is 12.1 Å². The van der Waals surface area contributed by atoms with Gasteiger partial charge in [0.15, 0.2) is 0 Å². The molecule has 0 aliphatic carbocycles. The van der Waals surface area contributed by atoms with Crippen LogP contribution in [0, 0.1) is 11.7 Å². The van der Waals surface area contributed by atoms with Crippen molar-refractivity contribution in [3.8, 4) is 0 Å². The maximum Gasteiger partial charge on any atom is 0.416 e. The lowest BCUT2D eigenvalue weighted by molar-refractivity contribution is -0.137. The van der Waals surface area contributed by atoms with Crippen LogP contribution >= 0.6 is 0 Å². The van der Waals surface area contributed by atoms with Gasteiger partial charge in [0.25, 0.3) is 0 Å². The van der Waals surface area contributed by atoms with Crippen LogP contribution in [-0.4, -0.2) is 43.2 Å². The number of anilines is 1. The molecule has 2 fully saturated rings. The van der Waals surface area contributed by atoms with Crippen LogP contribution in [0.4, 0.5) is 23.2 Å². The van der Waals surface area contributed by atoms with Crippen molar-refractivity contribution in [2.45, 2.75) is 24.6 Å². The highest BCUT2D eigenvalue weighted by atomic mass is 19.4. The highest BCUT2D eigenvalue weighted by molar-refractivity contribution is 5.92. The lowest BCUT2D eigenvalue weighted by Gasteiger charge is -2.32. The summed E-state index contributed by atoms with van der Waals surface area (Å²) in [5.41, 5.74) is 0.313. The van der Waals surface area contributed by atoms with Crippen LogP contribution < -0.4 is 5.32 Å². The molecule has 3 atom stereocenters. The third kappa shape index (κ3) is 4.49. The molecule has 0 unspecified atom stereocenters. The standard InChI is InChI=1S/C22H22F4N2O2/c23-16-6-4-14(5-7-16)18-11-28(20-8-9-30-13-19(18)20)12-21(29)27-17-3-1-2-15(10-17)22(24,25)26/h1-7,10,18-20H,8-9,11-13H2,(H,27,29)/t18-,19-,20-/m1/s1. The number of fused-ring (bicyclic) bond motifs is 1. The molecule has 4 rings (SSSR count). The zero-order valence-corrected chi connectivity index (χ0v) is 16.2. The maximum absolute atomic E-state index is 13.3. The van der Waals surface area contributed by atoms with Crippen molar-refractivity contribution < 1.29 is 27.1 Å². The highest BCUT2D eigenvalue weighted by Crippen LogP contribution is 2.40. The van der Waals surface area contributed by atoms with Crippen LogP contribution in [-0.2, 0) is 15.7 Å². The summed E-state index contributed by atoms with van der Waals surface area (Å²) in [5, 5.41) is 2.58. The second-order valence-electron chi connectivity index (χ2n) is 7.81. The largest absolute Gasteiger partial charge is 0.416 e. The Balaban J connectivity index is 1.46. The first-order valence-corrected chi connectivity index (χ1v) is 9.85. The zero-order chi connectivity index (χ0) is 21.3. The topological polar surface area (TPSA) is 41.6 Å². The molecule has 30 heavy (non-hydrogen) atoms. The van der Waals surface area contributed by atoms with E-state index in [1.165, 1.54) is 24.3 Å². The highest BCUT2D eigenvalue weighted by Gasteiger charge is 2.44. The Hall–Kier alpha value is -2.45. The smallest absolute Gasteiger partial charge is 0.381 e. The van der Waals surface area contributed by atoms with Crippen molar-refractivity contribution >= 4 is 11.6 Å². The number of ether oxygens (including phenoxy) is 1. The molecular formula is C22H22F4N2O2. The molecule has 2 aliphatic rings. The molecular weight excluding hydrogens is 400 g/mol. The molecule has 0 spiro atoms. The molecule has 2 aromatic carbocycles. The molecule has 0 bridgehead atoms. The van der Waals surface area contributed by atoms with Gasteiger partial charge in [-0.15, -0.1) is 0 Å². The van der Waals surface area contributed by atoms with Crippen LogP contribution in [0.5, 0.6) is 0 Å². The second-order valence-corrected chi connectivity index (χ2v) is 7.81. The van der Waals surface area contributed by atoms with E-state index in [2.05, 4.69) is 10.2 Å². The minimum absolute atomic E-state index is 0.0785. The first-order chi connectivity index (χ1) is 14.3. The Labute approximate surface area is 171 Å². The number of carbonyl (C=O) groups is 1. The summed E-state index contributed by atoms with van der Waals surface area (Å²) in [6.07, 6.45) is -3.69. The van der Waals surface area contributed by atoms with Gasteiger partial charge < -0.3 is 10.1 Å². The monoisotopic (exact) mass is 422 g/mol. The average Bonchev–Trinajstić information content (AvgIpc) is 3.06. The Morgan fingerprint density at radius 2 is 1.93 bits per heavy atom. The predicted molar refractivity (Wildman–Crippen MR) is 104 cm³/mol. The van der Waals surface area contributed by atoms with Gasteiger partial charge in [-0.3, -0.25) is 9.69 Å². The van der Waals surface area contributed by atoms with Crippen LogP contribution in [0.25, 0.3) is 0 Å². The van der Waals surface area contributed by atoms with Crippen LogP contribution in [0.1, 0.15) is 23.5 Å². The Bertz CT molecular complexity index is 901. The van der Waals surface area contributed by atoms with Gasteiger partial charge in [-0.1, -0.05) is 18.2 Å². The van der Waals surface area contributed by atoms with Crippen molar-refractivity contribution in [1.82, 2.24) is 4.90 Å². The normalized spacial score (nSPS) is 24.5. The average molecular weight is 422 g/mol. The van der Waals surface area contributed by atoms with E-state index in [0.717, 1.165) is 24.1 Å². The molecule has 0 saturated carbocycles. The molecule has 2 heterocycles. The van der Waals surface area contributed by atoms with Crippen molar-refractivity contribution in [2.75, 3.05) is 31.6 Å². The van der Waals surface area contributed by atoms with Crippen LogP contribution in [0.15, 0.2) is 48.5 Å². The minimum Gasteiger partial charge on any atom is -0.381 e. The van der Waals surface area contributed by atoms with Crippen molar-refractivity contribution in [2.24, 2.45) is 5.92 Å². The second kappa shape index (κ2) is 8.35. The number of hydrogen-bond acceptors (Lipinski definition) is 3. The molecule has 1 amide bonds. The zero-order valence-electron chi connectivity index (χ0n) is 16.2. The number of alkyl halides is 3. The minimum atomic E-state index is -4.46. The molecule has 160 valence electrons. The summed E-state index contributed by atoms with van der Waals surface area (Å²) in [7, 11) is 0. The molecule has 0 aromatic heterocycles. The molecule has 4 nitrogen and oxygen atoms in total. The number of carbonyl (C=O) groups excluding carboxylic acids is 1. The SMILES string of the molecule is O=C(CN1C[C@H](c2ccc(F)cc2)[C@H]2COCC[C@H]21)Nc1cccc(C(F)(F)F)c1. The fraction of sp³-hybridized carbons (Fsp3) is 0.409. The molecule has 2 aromatic rings. The summed E-state index contributed by atoms with van der Waals surface area (Å²) in [4.78, 5) is 14.6. The summed E-state index contributed by atoms with van der Waals surface area (Å²) in [6, 6.07) is 11.1. The van der Waals surface area contributed by atoms with Gasteiger partial charge in [0.2, 0.25) is 5.91 Å². The maximum atomic E-state index is 13.3. The van der Waals surface area contributed by atoms with Gasteiger partial charge in [-0.25, -0.2) is 4.39 Å². The fourth-order valence-corrected chi connectivity index (χ4v) is 4.51. The van der Waals surface area contributed by atoms with E-state index in [0.29, 0.717) is 19.8 Å². The summed E-state index contributed by atoms with van der Waals surface area (Å²) >= 11 is 0. The molecule has 2 aliphatic heterocycles. The fourth-order valence-electron chi connectivity index (χ4n) is 4.51. The summed E-state index contributed by atoms with van der Waals surface area (Å²) < 4.78 is 57.6. The summed E-state index contributed by atoms with van der Waals surface area (Å²) in [5.74, 6) is -0.368. The summed E-state index contributed by atoms with van der Waals surface area (Å²) in [6.45, 7) is 1.86. The third-order valence-corrected chi connectivity index (χ3v) is 5.90. The quantitative estimate of drug-likeness (QED) is 0.748. The lowest BCUT2D eigenvalue weighted by Crippen LogP contribution is -2.42. The number of nitrogens with one attached hydrogen (secondary N) is 1. The van der Waals surface area contributed by atoms with Crippen LogP contribution in [0.2, 0.25) is 0 Å². The van der Waals surface area contributed by atoms with E-state index < -0.39 is 11.7 Å². The van der Waals surface area contributed by atoms with E-state index in [-0.39, 0.29) is 41.8 Å². The molecule has 8 heteroatoms. The lowest BCUT2D eigenvalue weighted by atomic mass is 9.84. The molecule has 2 saturated heterocycles. The Kier molecular flexibility index (Phi) is 5.79. The van der Waals surface area contributed by atoms with Crippen LogP contribution in [0.3, 0.4) is 0 Å². The van der Waals surface area contributed by atoms with Gasteiger partial charge in [-0.2, -0.15) is 13.2 Å². The number of hydrogen-bond donors (Lipinski definition) is 1. The van der Waals surface area contributed by atoms with Gasteiger partial charge in [-0.05, 0) is 42.3 Å². The third-order valence-electron chi connectivity index (χ3n) is 5.90. The number of rotatable bonds is 4. The molecule has 1 N–H and O–H groups in total. The number of nitrogens with zero attached hydrogens (tertiary/aromatic N) is 1. The van der Waals surface area contributed by atoms with E-state index in [9.17, 15) is 22.4 Å². The van der Waals surface area contributed by atoms with Crippen molar-refractivity contribution in [3.63, 3.8) is 0 Å². The Morgan fingerprint density at radius 3 is 2.67 bits per heavy atom. The number of amides is 1. The van der Waals surface area contributed by atoms with Gasteiger partial charge >= 0.3 is 6.18 Å². The van der Waals surface area contributed by atoms with Gasteiger partial charge in [0, 0.05) is 36.7 Å². The van der Waals surface area contributed by atoms with E-state index in [1.807, 2.05) is 0 Å². The van der Waals surface area contributed by atoms with Gasteiger partial charge in [0.1, 0.15) is 5.82 Å². The predicted octanol–water partition coefficient (Wildman–Crippen LogP) is 4.29. The van der Waals surface area contributed by atoms with E-state index >= 15 is 0 Å². The first kappa shape index (κ1) is 20.8. The van der Waals surface area contributed by atoms with Crippen molar-refractivity contribution in [1.29, 1.82) is 0 Å². The Morgan fingerprint density at radius 1 is 1.17 bits per heavy atom. The number of benzene rings is 2. The first-order valence-electron chi connectivity index (χ1n) is 9.85. The van der Waals surface area contributed by atoms with Gasteiger partial charge in [0.05, 0.1) is 18.7 Å².